The van der Waals surface area contributed by atoms with Gasteiger partial charge < -0.3 is 4.74 Å². The van der Waals surface area contributed by atoms with E-state index in [1.54, 1.807) is 7.11 Å². The summed E-state index contributed by atoms with van der Waals surface area (Å²) in [6.07, 6.45) is 2.22. The van der Waals surface area contributed by atoms with E-state index in [4.69, 9.17) is 16.3 Å². The lowest BCUT2D eigenvalue weighted by molar-refractivity contribution is 0.403. The first-order valence-electron chi connectivity index (χ1n) is 5.37. The Morgan fingerprint density at radius 3 is 2.81 bits per heavy atom. The second-order valence-corrected chi connectivity index (χ2v) is 4.15. The summed E-state index contributed by atoms with van der Waals surface area (Å²) in [4.78, 5) is 4.14. The van der Waals surface area contributed by atoms with Crippen molar-refractivity contribution in [1.29, 1.82) is 0 Å². The second kappa shape index (κ2) is 4.71. The molecule has 0 unspecified atom stereocenters. The quantitative estimate of drug-likeness (QED) is 0.754. The molecule has 0 saturated carbocycles. The van der Waals surface area contributed by atoms with Gasteiger partial charge in [-0.2, -0.15) is 0 Å². The molecule has 16 heavy (non-hydrogen) atoms. The number of nitrogens with zero attached hydrogens (tertiary/aromatic N) is 1. The van der Waals surface area contributed by atoms with E-state index >= 15 is 0 Å². The second-order valence-electron chi connectivity index (χ2n) is 3.76. The number of rotatable bonds is 3. The highest BCUT2D eigenvalue weighted by Crippen LogP contribution is 2.27. The molecule has 0 amide bonds. The van der Waals surface area contributed by atoms with Gasteiger partial charge >= 0.3 is 0 Å². The van der Waals surface area contributed by atoms with Crippen LogP contribution in [0.25, 0.3) is 10.8 Å². The van der Waals surface area contributed by atoms with E-state index in [-0.39, 0.29) is 0 Å². The highest BCUT2D eigenvalue weighted by Gasteiger charge is 2.05. The smallest absolute Gasteiger partial charge is 0.222 e. The predicted octanol–water partition coefficient (Wildman–Crippen LogP) is 3.85. The lowest BCUT2D eigenvalue weighted by atomic mass is 10.1. The number of aryl methyl sites for hydroxylation is 1. The van der Waals surface area contributed by atoms with E-state index in [9.17, 15) is 0 Å². The lowest BCUT2D eigenvalue weighted by Crippen LogP contribution is -1.91. The Hall–Kier alpha value is -1.28. The average molecular weight is 236 g/mol. The van der Waals surface area contributed by atoms with E-state index < -0.39 is 0 Å². The van der Waals surface area contributed by atoms with E-state index in [0.717, 1.165) is 23.6 Å². The van der Waals surface area contributed by atoms with Crippen LogP contribution in [0, 0.1) is 0 Å². The highest BCUT2D eigenvalue weighted by molar-refractivity contribution is 6.30. The first-order valence-corrected chi connectivity index (χ1v) is 5.75. The van der Waals surface area contributed by atoms with Crippen LogP contribution in [0.5, 0.6) is 5.88 Å². The molecule has 0 N–H and O–H groups in total. The zero-order chi connectivity index (χ0) is 11.5. The molecule has 0 aliphatic rings. The van der Waals surface area contributed by atoms with Crippen molar-refractivity contribution in [3.05, 3.63) is 35.0 Å². The predicted molar refractivity (Wildman–Crippen MR) is 67.3 cm³/mol. The van der Waals surface area contributed by atoms with Crippen LogP contribution in [-0.4, -0.2) is 12.1 Å². The van der Waals surface area contributed by atoms with Crippen LogP contribution < -0.4 is 4.74 Å². The minimum atomic E-state index is 0.470. The number of benzene rings is 1. The molecule has 0 aliphatic heterocycles. The monoisotopic (exact) mass is 235 g/mol. The van der Waals surface area contributed by atoms with Gasteiger partial charge in [-0.1, -0.05) is 37.1 Å². The van der Waals surface area contributed by atoms with Gasteiger partial charge in [0, 0.05) is 5.39 Å². The van der Waals surface area contributed by atoms with Gasteiger partial charge in [0.15, 0.2) is 0 Å². The van der Waals surface area contributed by atoms with Gasteiger partial charge in [0.25, 0.3) is 0 Å². The maximum atomic E-state index is 5.94. The first-order chi connectivity index (χ1) is 7.74. The zero-order valence-corrected chi connectivity index (χ0v) is 10.2. The summed E-state index contributed by atoms with van der Waals surface area (Å²) in [5.41, 5.74) is 1.32. The standard InChI is InChI=1S/C13H14ClNO/c1-3-4-9-5-6-11-10(7-9)8-12(14)15-13(11)16-2/h5-8H,3-4H2,1-2H3. The maximum absolute atomic E-state index is 5.94. The largest absolute Gasteiger partial charge is 0.481 e. The Labute approximate surface area is 100 Å². The number of pyridine rings is 1. The summed E-state index contributed by atoms with van der Waals surface area (Å²) < 4.78 is 5.21. The van der Waals surface area contributed by atoms with Crippen molar-refractivity contribution < 1.29 is 4.74 Å². The Balaban J connectivity index is 2.60. The van der Waals surface area contributed by atoms with Gasteiger partial charge in [-0.3, -0.25) is 0 Å². The van der Waals surface area contributed by atoms with Crippen molar-refractivity contribution in [2.75, 3.05) is 7.11 Å². The Kier molecular flexibility index (Phi) is 3.30. The van der Waals surface area contributed by atoms with Gasteiger partial charge in [0.1, 0.15) is 5.15 Å². The number of aromatic nitrogens is 1. The van der Waals surface area contributed by atoms with Crippen LogP contribution in [0.3, 0.4) is 0 Å². The Morgan fingerprint density at radius 1 is 1.31 bits per heavy atom. The SMILES string of the molecule is CCCc1ccc2c(OC)nc(Cl)cc2c1. The fourth-order valence-corrected chi connectivity index (χ4v) is 2.04. The number of fused-ring (bicyclic) bond motifs is 1. The molecule has 0 aliphatic carbocycles. The average Bonchev–Trinajstić information content (AvgIpc) is 2.27. The number of methoxy groups -OCH3 is 1. The van der Waals surface area contributed by atoms with Gasteiger partial charge in [0.2, 0.25) is 5.88 Å². The van der Waals surface area contributed by atoms with Crippen LogP contribution in [0.15, 0.2) is 24.3 Å². The Morgan fingerprint density at radius 2 is 2.12 bits per heavy atom. The number of ether oxygens (including phenoxy) is 1. The molecule has 2 rings (SSSR count). The van der Waals surface area contributed by atoms with Crippen molar-refractivity contribution in [3.8, 4) is 5.88 Å². The molecule has 0 spiro atoms. The van der Waals surface area contributed by atoms with Crippen molar-refractivity contribution in [2.24, 2.45) is 0 Å². The lowest BCUT2D eigenvalue weighted by Gasteiger charge is -2.07. The molecular formula is C13H14ClNO. The fourth-order valence-electron chi connectivity index (χ4n) is 1.84. The first kappa shape index (κ1) is 11.2. The maximum Gasteiger partial charge on any atom is 0.222 e. The molecule has 2 aromatic rings. The van der Waals surface area contributed by atoms with Crippen LogP contribution in [0.4, 0.5) is 0 Å². The molecule has 1 aromatic carbocycles. The van der Waals surface area contributed by atoms with Crippen molar-refractivity contribution >= 4 is 22.4 Å². The van der Waals surface area contributed by atoms with Crippen molar-refractivity contribution in [1.82, 2.24) is 4.98 Å². The molecule has 1 aromatic heterocycles. The van der Waals surface area contributed by atoms with Gasteiger partial charge in [0.05, 0.1) is 7.11 Å². The third-order valence-electron chi connectivity index (χ3n) is 2.56. The molecule has 2 nitrogen and oxygen atoms in total. The van der Waals surface area contributed by atoms with Crippen molar-refractivity contribution in [2.45, 2.75) is 19.8 Å². The van der Waals surface area contributed by atoms with Crippen LogP contribution >= 0.6 is 11.6 Å². The van der Waals surface area contributed by atoms with E-state index in [0.29, 0.717) is 11.0 Å². The molecule has 0 fully saturated rings. The summed E-state index contributed by atoms with van der Waals surface area (Å²) >= 11 is 5.94. The minimum Gasteiger partial charge on any atom is -0.481 e. The summed E-state index contributed by atoms with van der Waals surface area (Å²) in [5.74, 6) is 0.588. The molecule has 0 atom stereocenters. The normalized spacial score (nSPS) is 10.7. The molecule has 0 bridgehead atoms. The highest BCUT2D eigenvalue weighted by atomic mass is 35.5. The van der Waals surface area contributed by atoms with Gasteiger partial charge in [-0.05, 0) is 29.5 Å². The molecule has 1 heterocycles. The molecular weight excluding hydrogens is 222 g/mol. The van der Waals surface area contributed by atoms with E-state index in [1.807, 2.05) is 12.1 Å². The molecule has 0 saturated heterocycles. The fraction of sp³-hybridized carbons (Fsp3) is 0.308. The zero-order valence-electron chi connectivity index (χ0n) is 9.46. The van der Waals surface area contributed by atoms with Crippen LogP contribution in [0.2, 0.25) is 5.15 Å². The third-order valence-corrected chi connectivity index (χ3v) is 2.75. The summed E-state index contributed by atoms with van der Waals surface area (Å²) in [6, 6.07) is 8.18. The number of halogens is 1. The van der Waals surface area contributed by atoms with E-state index in [1.165, 1.54) is 5.56 Å². The number of hydrogen-bond acceptors (Lipinski definition) is 2. The Bertz CT molecular complexity index is 511. The summed E-state index contributed by atoms with van der Waals surface area (Å²) in [5, 5.41) is 2.56. The van der Waals surface area contributed by atoms with Crippen molar-refractivity contribution in [3.63, 3.8) is 0 Å². The topological polar surface area (TPSA) is 22.1 Å². The molecule has 0 radical (unpaired) electrons. The summed E-state index contributed by atoms with van der Waals surface area (Å²) in [6.45, 7) is 2.17. The van der Waals surface area contributed by atoms with Crippen LogP contribution in [0.1, 0.15) is 18.9 Å². The third kappa shape index (κ3) is 2.12. The molecule has 3 heteroatoms. The van der Waals surface area contributed by atoms with E-state index in [2.05, 4.69) is 24.0 Å². The minimum absolute atomic E-state index is 0.470. The molecule has 84 valence electrons. The summed E-state index contributed by atoms with van der Waals surface area (Å²) in [7, 11) is 1.61. The van der Waals surface area contributed by atoms with Crippen LogP contribution in [-0.2, 0) is 6.42 Å². The van der Waals surface area contributed by atoms with Gasteiger partial charge in [-0.25, -0.2) is 4.98 Å². The number of hydrogen-bond donors (Lipinski definition) is 0. The van der Waals surface area contributed by atoms with Gasteiger partial charge in [-0.15, -0.1) is 0 Å².